The topological polar surface area (TPSA) is 178 Å². The average Bonchev–Trinajstić information content (AvgIpc) is 3.62. The number of benzene rings is 4. The quantitative estimate of drug-likeness (QED) is 0.260. The second kappa shape index (κ2) is 9.04. The normalized spacial score (nSPS) is 14.0. The van der Waals surface area contributed by atoms with Crippen LogP contribution in [0.4, 0.5) is 11.4 Å². The first-order chi connectivity index (χ1) is 20.6. The number of carboxylic acid groups (broad SMARTS) is 2. The Balaban J connectivity index is 1.39. The molecule has 1 aromatic heterocycles. The number of nitrogens with one attached hydrogen (secondary N) is 1. The van der Waals surface area contributed by atoms with Crippen molar-refractivity contribution in [1.82, 2.24) is 9.97 Å². The molecule has 2 aliphatic rings. The first-order valence-electron chi connectivity index (χ1n) is 12.7. The monoisotopic (exact) mass is 572 g/mol. The van der Waals surface area contributed by atoms with Crippen molar-refractivity contribution in [1.29, 1.82) is 0 Å². The van der Waals surface area contributed by atoms with Crippen molar-refractivity contribution >= 4 is 58.0 Å². The van der Waals surface area contributed by atoms with Gasteiger partial charge in [-0.05, 0) is 66.7 Å². The number of imide groups is 2. The van der Waals surface area contributed by atoms with Crippen molar-refractivity contribution in [2.24, 2.45) is 0 Å². The van der Waals surface area contributed by atoms with E-state index in [0.29, 0.717) is 22.4 Å². The Morgan fingerprint density at radius 3 is 1.58 bits per heavy atom. The molecule has 5 aromatic rings. The smallest absolute Gasteiger partial charge is 0.335 e. The molecule has 208 valence electrons. The van der Waals surface area contributed by atoms with Crippen LogP contribution in [-0.2, 0) is 0 Å². The Kier molecular flexibility index (Phi) is 5.37. The van der Waals surface area contributed by atoms with Gasteiger partial charge in [-0.2, -0.15) is 0 Å². The van der Waals surface area contributed by atoms with Crippen LogP contribution in [0.3, 0.4) is 0 Å². The van der Waals surface area contributed by atoms with E-state index in [9.17, 15) is 39.0 Å². The highest BCUT2D eigenvalue weighted by atomic mass is 16.4. The van der Waals surface area contributed by atoms with E-state index in [1.165, 1.54) is 42.5 Å². The van der Waals surface area contributed by atoms with Crippen LogP contribution in [-0.4, -0.2) is 55.7 Å². The zero-order valence-corrected chi connectivity index (χ0v) is 21.7. The van der Waals surface area contributed by atoms with Crippen LogP contribution >= 0.6 is 0 Å². The molecule has 3 N–H and O–H groups in total. The molecule has 3 heterocycles. The number of hydrogen-bond donors (Lipinski definition) is 3. The molecule has 0 saturated heterocycles. The van der Waals surface area contributed by atoms with Gasteiger partial charge in [0.2, 0.25) is 0 Å². The first kappa shape index (κ1) is 25.5. The van der Waals surface area contributed by atoms with E-state index in [1.54, 1.807) is 24.3 Å². The van der Waals surface area contributed by atoms with Crippen LogP contribution in [0.2, 0.25) is 0 Å². The summed E-state index contributed by atoms with van der Waals surface area (Å²) in [6.07, 6.45) is 0. The number of para-hydroxylation sites is 2. The highest BCUT2D eigenvalue weighted by molar-refractivity contribution is 6.36. The van der Waals surface area contributed by atoms with Gasteiger partial charge in [-0.25, -0.2) is 24.4 Å². The van der Waals surface area contributed by atoms with Crippen molar-refractivity contribution < 1.29 is 39.0 Å². The molecule has 12 nitrogen and oxygen atoms in total. The van der Waals surface area contributed by atoms with Crippen molar-refractivity contribution in [2.75, 3.05) is 9.80 Å². The number of aromatic nitrogens is 2. The minimum absolute atomic E-state index is 0.00110. The summed E-state index contributed by atoms with van der Waals surface area (Å²) in [5.41, 5.74) is 1.05. The van der Waals surface area contributed by atoms with Crippen LogP contribution < -0.4 is 9.80 Å². The number of hydrogen-bond acceptors (Lipinski definition) is 7. The number of aromatic carboxylic acids is 2. The van der Waals surface area contributed by atoms with E-state index in [4.69, 9.17) is 0 Å². The van der Waals surface area contributed by atoms with Crippen LogP contribution in [0, 0.1) is 0 Å². The van der Waals surface area contributed by atoms with E-state index in [-0.39, 0.29) is 44.8 Å². The molecule has 2 aliphatic heterocycles. The van der Waals surface area contributed by atoms with Gasteiger partial charge in [0.25, 0.3) is 23.6 Å². The van der Waals surface area contributed by atoms with Gasteiger partial charge in [0.15, 0.2) is 0 Å². The first-order valence-corrected chi connectivity index (χ1v) is 12.7. The van der Waals surface area contributed by atoms with Gasteiger partial charge >= 0.3 is 11.9 Å². The SMILES string of the molecule is O=C(O)c1ccc2c(c1)C(=O)N(c1cc(-c3nc4ccccc4[nH]3)cc(N3C(=O)c4ccc(C(=O)O)cc4C3=O)c1)C2=O. The molecule has 7 rings (SSSR count). The van der Waals surface area contributed by atoms with E-state index in [0.717, 1.165) is 21.9 Å². The number of carbonyl (C=O) groups is 6. The second-order valence-corrected chi connectivity index (χ2v) is 9.86. The van der Waals surface area contributed by atoms with E-state index in [2.05, 4.69) is 9.97 Å². The molecule has 0 fully saturated rings. The average molecular weight is 572 g/mol. The number of fused-ring (bicyclic) bond motifs is 3. The van der Waals surface area contributed by atoms with Crippen LogP contribution in [0.1, 0.15) is 62.1 Å². The number of carbonyl (C=O) groups excluding carboxylic acids is 4. The molecular weight excluding hydrogens is 556 g/mol. The molecular formula is C31H16N4O8. The third-order valence-electron chi connectivity index (χ3n) is 7.35. The molecule has 0 aliphatic carbocycles. The predicted octanol–water partition coefficient (Wildman–Crippen LogP) is 4.23. The van der Waals surface area contributed by atoms with E-state index in [1.807, 2.05) is 0 Å². The Hall–Kier alpha value is -6.43. The third-order valence-corrected chi connectivity index (χ3v) is 7.35. The third kappa shape index (κ3) is 3.81. The molecule has 0 atom stereocenters. The molecule has 0 bridgehead atoms. The summed E-state index contributed by atoms with van der Waals surface area (Å²) in [5, 5.41) is 18.8. The van der Waals surface area contributed by atoms with Crippen molar-refractivity contribution in [3.8, 4) is 11.4 Å². The molecule has 0 spiro atoms. The van der Waals surface area contributed by atoms with Crippen LogP contribution in [0.15, 0.2) is 78.9 Å². The van der Waals surface area contributed by atoms with E-state index >= 15 is 0 Å². The number of H-pyrrole nitrogens is 1. The van der Waals surface area contributed by atoms with Gasteiger partial charge < -0.3 is 15.2 Å². The Labute approximate surface area is 240 Å². The lowest BCUT2D eigenvalue weighted by Gasteiger charge is -2.20. The fourth-order valence-corrected chi connectivity index (χ4v) is 5.30. The minimum Gasteiger partial charge on any atom is -0.478 e. The molecule has 43 heavy (non-hydrogen) atoms. The summed E-state index contributed by atoms with van der Waals surface area (Å²) in [4.78, 5) is 86.3. The lowest BCUT2D eigenvalue weighted by atomic mass is 10.1. The van der Waals surface area contributed by atoms with E-state index < -0.39 is 35.6 Å². The summed E-state index contributed by atoms with van der Waals surface area (Å²) in [6, 6.07) is 18.6. The zero-order valence-electron chi connectivity index (χ0n) is 21.7. The molecule has 0 unspecified atom stereocenters. The van der Waals surface area contributed by atoms with Crippen LogP contribution in [0.5, 0.6) is 0 Å². The zero-order chi connectivity index (χ0) is 30.2. The van der Waals surface area contributed by atoms with Crippen LogP contribution in [0.25, 0.3) is 22.4 Å². The fourth-order valence-electron chi connectivity index (χ4n) is 5.30. The molecule has 12 heteroatoms. The second-order valence-electron chi connectivity index (χ2n) is 9.86. The molecule has 4 aromatic carbocycles. The highest BCUT2D eigenvalue weighted by Gasteiger charge is 2.40. The van der Waals surface area contributed by atoms with Crippen molar-refractivity contribution in [3.05, 3.63) is 112 Å². The lowest BCUT2D eigenvalue weighted by molar-refractivity contribution is 0.0686. The Bertz CT molecular complexity index is 2000. The number of anilines is 2. The highest BCUT2D eigenvalue weighted by Crippen LogP contribution is 2.38. The summed E-state index contributed by atoms with van der Waals surface area (Å²) in [5.74, 6) is -5.25. The van der Waals surface area contributed by atoms with Gasteiger partial charge in [0, 0.05) is 5.56 Å². The lowest BCUT2D eigenvalue weighted by Crippen LogP contribution is -2.32. The van der Waals surface area contributed by atoms with Gasteiger partial charge in [-0.3, -0.25) is 19.2 Å². The number of imidazole rings is 1. The number of aromatic amines is 1. The maximum absolute atomic E-state index is 13.5. The van der Waals surface area contributed by atoms with Gasteiger partial charge in [-0.1, -0.05) is 12.1 Å². The number of amides is 4. The molecule has 4 amide bonds. The Morgan fingerprint density at radius 2 is 1.09 bits per heavy atom. The minimum atomic E-state index is -1.27. The van der Waals surface area contributed by atoms with Gasteiger partial charge in [0.05, 0.1) is 55.8 Å². The molecule has 0 saturated carbocycles. The summed E-state index contributed by atoms with van der Waals surface area (Å²) in [7, 11) is 0. The largest absolute Gasteiger partial charge is 0.478 e. The summed E-state index contributed by atoms with van der Waals surface area (Å²) >= 11 is 0. The maximum Gasteiger partial charge on any atom is 0.335 e. The van der Waals surface area contributed by atoms with Crippen molar-refractivity contribution in [2.45, 2.75) is 0 Å². The fraction of sp³-hybridized carbons (Fsp3) is 0. The van der Waals surface area contributed by atoms with Crippen molar-refractivity contribution in [3.63, 3.8) is 0 Å². The number of carboxylic acids is 2. The summed E-state index contributed by atoms with van der Waals surface area (Å²) in [6.45, 7) is 0. The van der Waals surface area contributed by atoms with Gasteiger partial charge in [0.1, 0.15) is 5.82 Å². The van der Waals surface area contributed by atoms with Gasteiger partial charge in [-0.15, -0.1) is 0 Å². The standard InChI is InChI=1S/C31H16N4O8/c36-26-19-7-5-14(30(40)41)11-21(19)28(38)34(26)17-9-16(25-32-23-3-1-2-4-24(23)33-25)10-18(13-17)35-27(37)20-8-6-15(31(42)43)12-22(20)29(35)39/h1-13H,(H,32,33)(H,40,41)(H,42,43). The summed E-state index contributed by atoms with van der Waals surface area (Å²) < 4.78 is 0. The maximum atomic E-state index is 13.5. The predicted molar refractivity (Wildman–Crippen MR) is 151 cm³/mol. The Morgan fingerprint density at radius 1 is 0.605 bits per heavy atom. The number of nitrogens with zero attached hydrogens (tertiary/aromatic N) is 3. The molecule has 0 radical (unpaired) electrons. The number of rotatable bonds is 5.